The quantitative estimate of drug-likeness (QED) is 0.592. The molecule has 128 valence electrons. The van der Waals surface area contributed by atoms with Gasteiger partial charge in [0.15, 0.2) is 10.5 Å². The fraction of sp³-hybridized carbons (Fsp3) is 0.118. The summed E-state index contributed by atoms with van der Waals surface area (Å²) < 4.78 is 7.35. The lowest BCUT2D eigenvalue weighted by atomic mass is 10.2. The Morgan fingerprint density at radius 1 is 1.24 bits per heavy atom. The van der Waals surface area contributed by atoms with E-state index in [1.165, 1.54) is 6.26 Å². The van der Waals surface area contributed by atoms with E-state index in [-0.39, 0.29) is 30.5 Å². The summed E-state index contributed by atoms with van der Waals surface area (Å²) in [6.07, 6.45) is 5.13. The highest BCUT2D eigenvalue weighted by Gasteiger charge is 2.09. The van der Waals surface area contributed by atoms with Crippen molar-refractivity contribution in [1.29, 1.82) is 0 Å². The molecule has 0 radical (unpaired) electrons. The molecule has 0 spiro atoms. The monoisotopic (exact) mass is 356 g/mol. The smallest absolute Gasteiger partial charge is 0.286 e. The zero-order chi connectivity index (χ0) is 17.6. The average Bonchev–Trinajstić information content (AvgIpc) is 3.26. The largest absolute Gasteiger partial charge is 0.459 e. The topological polar surface area (TPSA) is 92.1 Å². The SMILES string of the molecule is O=C(CCNC(=O)c1ccco1)Nc1cccc(-n2cc[nH]c2=S)c1. The second-order valence-electron chi connectivity index (χ2n) is 5.22. The van der Waals surface area contributed by atoms with Crippen LogP contribution in [0.4, 0.5) is 5.69 Å². The molecule has 2 aromatic heterocycles. The van der Waals surface area contributed by atoms with Gasteiger partial charge in [-0.2, -0.15) is 0 Å². The second kappa shape index (κ2) is 7.63. The number of aromatic nitrogens is 2. The van der Waals surface area contributed by atoms with Crippen LogP contribution in [0.2, 0.25) is 0 Å². The molecule has 7 nitrogen and oxygen atoms in total. The van der Waals surface area contributed by atoms with Gasteiger partial charge in [0, 0.05) is 36.7 Å². The summed E-state index contributed by atoms with van der Waals surface area (Å²) in [7, 11) is 0. The van der Waals surface area contributed by atoms with Crippen LogP contribution < -0.4 is 10.6 Å². The van der Waals surface area contributed by atoms with E-state index in [1.54, 1.807) is 29.0 Å². The van der Waals surface area contributed by atoms with E-state index in [0.29, 0.717) is 10.5 Å². The number of rotatable bonds is 6. The van der Waals surface area contributed by atoms with Gasteiger partial charge in [0.25, 0.3) is 5.91 Å². The fourth-order valence-corrected chi connectivity index (χ4v) is 2.50. The van der Waals surface area contributed by atoms with Crippen LogP contribution in [0, 0.1) is 4.77 Å². The maximum absolute atomic E-state index is 12.0. The first-order valence-electron chi connectivity index (χ1n) is 7.61. The molecule has 3 N–H and O–H groups in total. The Morgan fingerprint density at radius 2 is 2.12 bits per heavy atom. The lowest BCUT2D eigenvalue weighted by Gasteiger charge is -2.08. The minimum atomic E-state index is -0.346. The normalized spacial score (nSPS) is 10.4. The van der Waals surface area contributed by atoms with Crippen LogP contribution in [-0.4, -0.2) is 27.9 Å². The van der Waals surface area contributed by atoms with Crippen molar-refractivity contribution in [2.45, 2.75) is 6.42 Å². The maximum atomic E-state index is 12.0. The molecule has 0 atom stereocenters. The number of benzene rings is 1. The number of hydrogen-bond donors (Lipinski definition) is 3. The third-order valence-corrected chi connectivity index (χ3v) is 3.75. The fourth-order valence-electron chi connectivity index (χ4n) is 2.27. The van der Waals surface area contributed by atoms with Crippen molar-refractivity contribution in [3.63, 3.8) is 0 Å². The summed E-state index contributed by atoms with van der Waals surface area (Å²) in [5, 5.41) is 5.43. The Morgan fingerprint density at radius 3 is 2.84 bits per heavy atom. The molecule has 0 fully saturated rings. The van der Waals surface area contributed by atoms with Gasteiger partial charge in [-0.15, -0.1) is 0 Å². The number of amides is 2. The van der Waals surface area contributed by atoms with Crippen LogP contribution in [0.3, 0.4) is 0 Å². The summed E-state index contributed by atoms with van der Waals surface area (Å²) in [5.74, 6) is -0.326. The molecule has 0 saturated heterocycles. The number of aromatic amines is 1. The predicted octanol–water partition coefficient (Wildman–Crippen LogP) is 2.89. The molecule has 1 aromatic carbocycles. The van der Waals surface area contributed by atoms with E-state index < -0.39 is 0 Å². The van der Waals surface area contributed by atoms with Crippen LogP contribution in [0.5, 0.6) is 0 Å². The van der Waals surface area contributed by atoms with E-state index in [0.717, 1.165) is 5.69 Å². The lowest BCUT2D eigenvalue weighted by molar-refractivity contribution is -0.116. The molecule has 8 heteroatoms. The highest BCUT2D eigenvalue weighted by molar-refractivity contribution is 7.71. The minimum absolute atomic E-state index is 0.153. The first-order valence-corrected chi connectivity index (χ1v) is 8.02. The van der Waals surface area contributed by atoms with Gasteiger partial charge in [-0.1, -0.05) is 6.07 Å². The zero-order valence-electron chi connectivity index (χ0n) is 13.2. The summed E-state index contributed by atoms with van der Waals surface area (Å²) >= 11 is 5.19. The molecular weight excluding hydrogens is 340 g/mol. The standard InChI is InChI=1S/C17H16N4O3S/c22-15(6-7-18-16(23)14-5-2-10-24-14)20-12-3-1-4-13(11-12)21-9-8-19-17(21)25/h1-5,8-11H,6-7H2,(H,18,23)(H,19,25)(H,20,22). The van der Waals surface area contributed by atoms with E-state index in [9.17, 15) is 9.59 Å². The molecule has 0 bridgehead atoms. The number of hydrogen-bond acceptors (Lipinski definition) is 4. The number of carbonyl (C=O) groups excluding carboxylic acids is 2. The Balaban J connectivity index is 1.54. The minimum Gasteiger partial charge on any atom is -0.459 e. The Hall–Kier alpha value is -3.13. The molecule has 2 heterocycles. The molecule has 2 amide bonds. The van der Waals surface area contributed by atoms with Crippen molar-refractivity contribution in [2.75, 3.05) is 11.9 Å². The van der Waals surface area contributed by atoms with Crippen LogP contribution in [0.25, 0.3) is 5.69 Å². The summed E-state index contributed by atoms with van der Waals surface area (Å²) in [6.45, 7) is 0.216. The molecule has 0 aliphatic rings. The summed E-state index contributed by atoms with van der Waals surface area (Å²) in [5.41, 5.74) is 1.50. The van der Waals surface area contributed by atoms with Crippen molar-refractivity contribution in [2.24, 2.45) is 0 Å². The Labute approximate surface area is 148 Å². The lowest BCUT2D eigenvalue weighted by Crippen LogP contribution is -2.27. The number of nitrogens with zero attached hydrogens (tertiary/aromatic N) is 1. The molecule has 0 aliphatic heterocycles. The van der Waals surface area contributed by atoms with Crippen LogP contribution in [0.1, 0.15) is 17.0 Å². The van der Waals surface area contributed by atoms with Gasteiger partial charge in [0.2, 0.25) is 5.91 Å². The highest BCUT2D eigenvalue weighted by Crippen LogP contribution is 2.15. The number of furan rings is 1. The number of imidazole rings is 1. The molecule has 3 aromatic rings. The van der Waals surface area contributed by atoms with Crippen molar-refractivity contribution >= 4 is 29.7 Å². The van der Waals surface area contributed by atoms with Crippen LogP contribution >= 0.6 is 12.2 Å². The third kappa shape index (κ3) is 4.24. The van der Waals surface area contributed by atoms with Gasteiger partial charge in [-0.25, -0.2) is 0 Å². The van der Waals surface area contributed by atoms with E-state index in [4.69, 9.17) is 16.6 Å². The van der Waals surface area contributed by atoms with E-state index >= 15 is 0 Å². The Bertz CT molecular complexity index is 927. The number of H-pyrrole nitrogens is 1. The van der Waals surface area contributed by atoms with Crippen molar-refractivity contribution in [1.82, 2.24) is 14.9 Å². The molecule has 3 rings (SSSR count). The zero-order valence-corrected chi connectivity index (χ0v) is 14.0. The molecular formula is C17H16N4O3S. The first-order chi connectivity index (χ1) is 12.1. The van der Waals surface area contributed by atoms with E-state index in [2.05, 4.69) is 15.6 Å². The number of nitrogens with one attached hydrogen (secondary N) is 3. The second-order valence-corrected chi connectivity index (χ2v) is 5.60. The summed E-state index contributed by atoms with van der Waals surface area (Å²) in [6, 6.07) is 10.5. The molecule has 0 unspecified atom stereocenters. The van der Waals surface area contributed by atoms with Gasteiger partial charge >= 0.3 is 0 Å². The van der Waals surface area contributed by atoms with Gasteiger partial charge in [-0.05, 0) is 42.5 Å². The van der Waals surface area contributed by atoms with E-state index in [1.807, 2.05) is 24.4 Å². The van der Waals surface area contributed by atoms with Gasteiger partial charge in [0.1, 0.15) is 0 Å². The van der Waals surface area contributed by atoms with Gasteiger partial charge in [0.05, 0.1) is 6.26 Å². The highest BCUT2D eigenvalue weighted by atomic mass is 32.1. The molecule has 0 aliphatic carbocycles. The predicted molar refractivity (Wildman–Crippen MR) is 95.2 cm³/mol. The molecule has 25 heavy (non-hydrogen) atoms. The number of anilines is 1. The van der Waals surface area contributed by atoms with Crippen molar-refractivity contribution < 1.29 is 14.0 Å². The van der Waals surface area contributed by atoms with Gasteiger partial charge in [-0.3, -0.25) is 14.2 Å². The Kier molecular flexibility index (Phi) is 5.10. The van der Waals surface area contributed by atoms with Crippen LogP contribution in [0.15, 0.2) is 59.5 Å². The third-order valence-electron chi connectivity index (χ3n) is 3.44. The first kappa shape index (κ1) is 16.7. The van der Waals surface area contributed by atoms with Crippen LogP contribution in [-0.2, 0) is 4.79 Å². The van der Waals surface area contributed by atoms with Crippen molar-refractivity contribution in [3.8, 4) is 5.69 Å². The average molecular weight is 356 g/mol. The number of carbonyl (C=O) groups is 2. The summed E-state index contributed by atoms with van der Waals surface area (Å²) in [4.78, 5) is 26.6. The van der Waals surface area contributed by atoms with Crippen molar-refractivity contribution in [3.05, 3.63) is 65.6 Å². The van der Waals surface area contributed by atoms with Gasteiger partial charge < -0.3 is 20.0 Å². The molecule has 0 saturated carbocycles. The maximum Gasteiger partial charge on any atom is 0.286 e.